The Hall–Kier alpha value is -1.62. The van der Waals surface area contributed by atoms with Crippen LogP contribution in [0.15, 0.2) is 17.5 Å². The van der Waals surface area contributed by atoms with Gasteiger partial charge in [0.05, 0.1) is 19.2 Å². The van der Waals surface area contributed by atoms with Gasteiger partial charge in [0.1, 0.15) is 10.6 Å². The molecule has 0 atom stereocenters. The number of carbonyl (C=O) groups excluding carboxylic acids is 1. The molecule has 0 aliphatic heterocycles. The Morgan fingerprint density at radius 2 is 2.26 bits per heavy atom. The second kappa shape index (κ2) is 6.02. The summed E-state index contributed by atoms with van der Waals surface area (Å²) in [4.78, 5) is 13.0. The highest BCUT2D eigenvalue weighted by molar-refractivity contribution is 7.12. The molecule has 19 heavy (non-hydrogen) atoms. The largest absolute Gasteiger partial charge is 0.495 e. The van der Waals surface area contributed by atoms with Crippen molar-refractivity contribution in [2.45, 2.75) is 33.2 Å². The van der Waals surface area contributed by atoms with Crippen molar-refractivity contribution in [2.24, 2.45) is 0 Å². The van der Waals surface area contributed by atoms with Crippen LogP contribution in [0, 0.1) is 0 Å². The molecule has 0 aliphatic carbocycles. The van der Waals surface area contributed by atoms with Crippen LogP contribution in [0.2, 0.25) is 0 Å². The number of methoxy groups -OCH3 is 1. The molecular formula is C14H18N2O2S. The van der Waals surface area contributed by atoms with E-state index in [0.29, 0.717) is 17.0 Å². The van der Waals surface area contributed by atoms with Gasteiger partial charge in [-0.15, -0.1) is 11.3 Å². The lowest BCUT2D eigenvalue weighted by molar-refractivity contribution is 0.0992. The fourth-order valence-corrected chi connectivity index (χ4v) is 2.81. The van der Waals surface area contributed by atoms with E-state index < -0.39 is 0 Å². The molecule has 0 spiro atoms. The van der Waals surface area contributed by atoms with Gasteiger partial charge >= 0.3 is 0 Å². The van der Waals surface area contributed by atoms with Crippen molar-refractivity contribution in [1.82, 2.24) is 9.78 Å². The lowest BCUT2D eigenvalue weighted by atomic mass is 10.1. The molecule has 0 unspecified atom stereocenters. The topological polar surface area (TPSA) is 44.1 Å². The zero-order valence-electron chi connectivity index (χ0n) is 11.5. The molecule has 0 fully saturated rings. The van der Waals surface area contributed by atoms with Crippen LogP contribution in [0.5, 0.6) is 5.75 Å². The van der Waals surface area contributed by atoms with Crippen LogP contribution in [0.3, 0.4) is 0 Å². The van der Waals surface area contributed by atoms with E-state index in [1.165, 1.54) is 11.3 Å². The van der Waals surface area contributed by atoms with Crippen molar-refractivity contribution in [3.05, 3.63) is 33.8 Å². The van der Waals surface area contributed by atoms with E-state index in [1.807, 2.05) is 29.1 Å². The Bertz CT molecular complexity index is 572. The van der Waals surface area contributed by atoms with Crippen LogP contribution in [0.25, 0.3) is 0 Å². The number of rotatable bonds is 6. The molecule has 102 valence electrons. The number of Topliss-reactive ketones (excluding diaryl/α,β-unsaturated/α-hetero) is 1. The molecule has 5 heteroatoms. The molecule has 0 aromatic carbocycles. The standard InChI is InChI=1S/C14H18N2O2S/c1-4-10-8-11(16(5-2)15-10)9-12(17)14-13(18-3)6-7-19-14/h6-8H,4-5,9H2,1-3H3. The van der Waals surface area contributed by atoms with Crippen LogP contribution in [0.4, 0.5) is 0 Å². The van der Waals surface area contributed by atoms with E-state index in [2.05, 4.69) is 12.0 Å². The maximum Gasteiger partial charge on any atom is 0.182 e. The zero-order valence-corrected chi connectivity index (χ0v) is 12.3. The molecule has 0 bridgehead atoms. The first kappa shape index (κ1) is 13.8. The zero-order chi connectivity index (χ0) is 13.8. The SMILES string of the molecule is CCc1cc(CC(=O)c2sccc2OC)n(CC)n1. The molecular weight excluding hydrogens is 260 g/mol. The van der Waals surface area contributed by atoms with Gasteiger partial charge in [-0.1, -0.05) is 6.92 Å². The second-order valence-electron chi connectivity index (χ2n) is 4.21. The minimum Gasteiger partial charge on any atom is -0.495 e. The quantitative estimate of drug-likeness (QED) is 0.763. The summed E-state index contributed by atoms with van der Waals surface area (Å²) in [5.41, 5.74) is 2.00. The summed E-state index contributed by atoms with van der Waals surface area (Å²) < 4.78 is 7.09. The molecule has 2 rings (SSSR count). The molecule has 0 aliphatic rings. The van der Waals surface area contributed by atoms with Gasteiger partial charge < -0.3 is 4.74 Å². The summed E-state index contributed by atoms with van der Waals surface area (Å²) in [7, 11) is 1.59. The van der Waals surface area contributed by atoms with Gasteiger partial charge in [-0.25, -0.2) is 0 Å². The summed E-state index contributed by atoms with van der Waals surface area (Å²) in [6.07, 6.45) is 1.26. The molecule has 2 aromatic rings. The first-order valence-corrected chi connectivity index (χ1v) is 7.27. The van der Waals surface area contributed by atoms with Crippen molar-refractivity contribution in [3.63, 3.8) is 0 Å². The predicted octanol–water partition coefficient (Wildman–Crippen LogP) is 2.96. The third-order valence-electron chi connectivity index (χ3n) is 3.02. The molecule has 4 nitrogen and oxygen atoms in total. The summed E-state index contributed by atoms with van der Waals surface area (Å²) in [6, 6.07) is 3.84. The highest BCUT2D eigenvalue weighted by Gasteiger charge is 2.17. The number of hydrogen-bond acceptors (Lipinski definition) is 4. The van der Waals surface area contributed by atoms with Gasteiger partial charge in [-0.3, -0.25) is 9.48 Å². The predicted molar refractivity (Wildman–Crippen MR) is 76.2 cm³/mol. The van der Waals surface area contributed by atoms with Crippen molar-refractivity contribution in [2.75, 3.05) is 7.11 Å². The Balaban J connectivity index is 2.21. The lowest BCUT2D eigenvalue weighted by Crippen LogP contribution is -2.09. The van der Waals surface area contributed by atoms with E-state index in [0.717, 1.165) is 24.4 Å². The Morgan fingerprint density at radius 3 is 2.89 bits per heavy atom. The van der Waals surface area contributed by atoms with Crippen LogP contribution in [-0.4, -0.2) is 22.7 Å². The monoisotopic (exact) mass is 278 g/mol. The third kappa shape index (κ3) is 2.87. The number of hydrogen-bond donors (Lipinski definition) is 0. The smallest absolute Gasteiger partial charge is 0.182 e. The van der Waals surface area contributed by atoms with Crippen molar-refractivity contribution >= 4 is 17.1 Å². The Kier molecular flexibility index (Phi) is 4.37. The second-order valence-corrected chi connectivity index (χ2v) is 5.13. The Morgan fingerprint density at radius 1 is 1.47 bits per heavy atom. The van der Waals surface area contributed by atoms with Gasteiger partial charge in [0.25, 0.3) is 0 Å². The molecule has 2 heterocycles. The first-order chi connectivity index (χ1) is 9.19. The molecule has 0 saturated carbocycles. The highest BCUT2D eigenvalue weighted by Crippen LogP contribution is 2.26. The van der Waals surface area contributed by atoms with Crippen LogP contribution in [-0.2, 0) is 19.4 Å². The fourth-order valence-electron chi connectivity index (χ4n) is 2.01. The summed E-state index contributed by atoms with van der Waals surface area (Å²) in [5, 5.41) is 6.34. The minimum absolute atomic E-state index is 0.0871. The minimum atomic E-state index is 0.0871. The summed E-state index contributed by atoms with van der Waals surface area (Å²) in [6.45, 7) is 4.88. The lowest BCUT2D eigenvalue weighted by Gasteiger charge is -2.04. The van der Waals surface area contributed by atoms with Gasteiger partial charge in [-0.2, -0.15) is 5.10 Å². The average Bonchev–Trinajstić information content (AvgIpc) is 3.04. The molecule has 0 N–H and O–H groups in total. The first-order valence-electron chi connectivity index (χ1n) is 6.39. The van der Waals surface area contributed by atoms with E-state index in [4.69, 9.17) is 4.74 Å². The maximum absolute atomic E-state index is 12.3. The fraction of sp³-hybridized carbons (Fsp3) is 0.429. The number of thiophene rings is 1. The number of aryl methyl sites for hydroxylation is 2. The van der Waals surface area contributed by atoms with Crippen LogP contribution < -0.4 is 4.74 Å². The van der Waals surface area contributed by atoms with Gasteiger partial charge in [0, 0.05) is 12.2 Å². The summed E-state index contributed by atoms with van der Waals surface area (Å²) in [5.74, 6) is 0.748. The Labute approximate surface area is 117 Å². The number of ether oxygens (including phenoxy) is 1. The van der Waals surface area contributed by atoms with Gasteiger partial charge in [0.15, 0.2) is 5.78 Å². The molecule has 0 amide bonds. The number of carbonyl (C=O) groups is 1. The van der Waals surface area contributed by atoms with Crippen molar-refractivity contribution in [1.29, 1.82) is 0 Å². The van der Waals surface area contributed by atoms with Crippen LogP contribution >= 0.6 is 11.3 Å². The normalized spacial score (nSPS) is 10.7. The van der Waals surface area contributed by atoms with Gasteiger partial charge in [0.2, 0.25) is 0 Å². The number of ketones is 1. The average molecular weight is 278 g/mol. The van der Waals surface area contributed by atoms with Crippen molar-refractivity contribution in [3.8, 4) is 5.75 Å². The van der Waals surface area contributed by atoms with Crippen LogP contribution in [0.1, 0.15) is 34.9 Å². The highest BCUT2D eigenvalue weighted by atomic mass is 32.1. The van der Waals surface area contributed by atoms with E-state index in [1.54, 1.807) is 7.11 Å². The number of aromatic nitrogens is 2. The van der Waals surface area contributed by atoms with Crippen molar-refractivity contribution < 1.29 is 9.53 Å². The molecule has 2 aromatic heterocycles. The van der Waals surface area contributed by atoms with E-state index in [-0.39, 0.29) is 5.78 Å². The van der Waals surface area contributed by atoms with E-state index in [9.17, 15) is 4.79 Å². The van der Waals surface area contributed by atoms with Gasteiger partial charge in [-0.05, 0) is 30.9 Å². The molecule has 0 saturated heterocycles. The third-order valence-corrected chi connectivity index (χ3v) is 3.96. The number of nitrogens with zero attached hydrogens (tertiary/aromatic N) is 2. The summed E-state index contributed by atoms with van der Waals surface area (Å²) >= 11 is 1.42. The van der Waals surface area contributed by atoms with E-state index >= 15 is 0 Å². The molecule has 0 radical (unpaired) electrons. The maximum atomic E-state index is 12.3.